The van der Waals surface area contributed by atoms with E-state index in [0.29, 0.717) is 10.9 Å². The Morgan fingerprint density at radius 1 is 1.37 bits per heavy atom. The van der Waals surface area contributed by atoms with Crippen LogP contribution in [0.4, 0.5) is 4.39 Å². The average molecular weight is 265 g/mol. The van der Waals surface area contributed by atoms with E-state index in [1.165, 1.54) is 26.4 Å². The molecule has 1 aromatic heterocycles. The highest BCUT2D eigenvalue weighted by atomic mass is 19.1. The van der Waals surface area contributed by atoms with E-state index in [9.17, 15) is 14.3 Å². The zero-order chi connectivity index (χ0) is 14.0. The summed E-state index contributed by atoms with van der Waals surface area (Å²) in [6.07, 6.45) is 0. The maximum absolute atomic E-state index is 13.8. The van der Waals surface area contributed by atoms with Gasteiger partial charge in [0.15, 0.2) is 5.82 Å². The third-order valence-corrected chi connectivity index (χ3v) is 2.63. The molecule has 0 amide bonds. The Labute approximate surface area is 108 Å². The Morgan fingerprint density at radius 2 is 2.11 bits per heavy atom. The predicted octanol–water partition coefficient (Wildman–Crippen LogP) is 2.01. The number of aromatic hydroxyl groups is 1. The Bertz CT molecular complexity index is 642. The van der Waals surface area contributed by atoms with Crippen LogP contribution in [0.2, 0.25) is 0 Å². The molecule has 2 rings (SSSR count). The fraction of sp³-hybridized carbons (Fsp3) is 0.231. The first-order valence-electron chi connectivity index (χ1n) is 5.46. The van der Waals surface area contributed by atoms with Crippen LogP contribution in [0.25, 0.3) is 10.9 Å². The normalized spacial score (nSPS) is 10.7. The molecule has 2 aromatic rings. The molecule has 0 aliphatic heterocycles. The van der Waals surface area contributed by atoms with Crippen molar-refractivity contribution in [3.63, 3.8) is 0 Å². The van der Waals surface area contributed by atoms with E-state index in [1.807, 2.05) is 0 Å². The summed E-state index contributed by atoms with van der Waals surface area (Å²) in [4.78, 5) is 15.4. The quantitative estimate of drug-likeness (QED) is 0.860. The minimum Gasteiger partial charge on any atom is -0.508 e. The predicted molar refractivity (Wildman–Crippen MR) is 65.4 cm³/mol. The summed E-state index contributed by atoms with van der Waals surface area (Å²) in [6.45, 7) is 0.159. The van der Waals surface area contributed by atoms with Crippen molar-refractivity contribution in [2.24, 2.45) is 0 Å². The van der Waals surface area contributed by atoms with Crippen LogP contribution in [0.3, 0.4) is 0 Å². The molecule has 0 aliphatic carbocycles. The van der Waals surface area contributed by atoms with Gasteiger partial charge >= 0.3 is 5.97 Å². The van der Waals surface area contributed by atoms with Crippen LogP contribution < -0.4 is 0 Å². The summed E-state index contributed by atoms with van der Waals surface area (Å²) in [5.41, 5.74) is 0.530. The van der Waals surface area contributed by atoms with Gasteiger partial charge in [0.1, 0.15) is 17.0 Å². The van der Waals surface area contributed by atoms with Crippen LogP contribution in [-0.2, 0) is 16.1 Å². The number of hydrogen-bond donors (Lipinski definition) is 1. The number of halogens is 1. The first kappa shape index (κ1) is 13.2. The van der Waals surface area contributed by atoms with Gasteiger partial charge in [-0.05, 0) is 17.7 Å². The zero-order valence-corrected chi connectivity index (χ0v) is 10.4. The van der Waals surface area contributed by atoms with Crippen molar-refractivity contribution >= 4 is 16.9 Å². The second kappa shape index (κ2) is 5.19. The number of fused-ring (bicyclic) bond motifs is 1. The lowest BCUT2D eigenvalue weighted by Crippen LogP contribution is -2.07. The van der Waals surface area contributed by atoms with E-state index < -0.39 is 11.8 Å². The SMILES string of the molecule is COCc1cc(C(=O)OC)nc2c(F)cc(O)cc12. The third kappa shape index (κ3) is 2.48. The van der Waals surface area contributed by atoms with Crippen molar-refractivity contribution in [1.82, 2.24) is 4.98 Å². The van der Waals surface area contributed by atoms with Gasteiger partial charge in [0.2, 0.25) is 0 Å². The van der Waals surface area contributed by atoms with E-state index in [2.05, 4.69) is 9.72 Å². The van der Waals surface area contributed by atoms with Crippen molar-refractivity contribution in [3.05, 3.63) is 35.3 Å². The lowest BCUT2D eigenvalue weighted by Gasteiger charge is -2.09. The van der Waals surface area contributed by atoms with E-state index in [-0.39, 0.29) is 23.6 Å². The van der Waals surface area contributed by atoms with Gasteiger partial charge in [-0.2, -0.15) is 0 Å². The van der Waals surface area contributed by atoms with Crippen molar-refractivity contribution in [1.29, 1.82) is 0 Å². The standard InChI is InChI=1S/C13H12FNO4/c1-18-6-7-3-11(13(17)19-2)15-12-9(7)4-8(16)5-10(12)14/h3-5,16H,6H2,1-2H3. The summed E-state index contributed by atoms with van der Waals surface area (Å²) in [5, 5.41) is 9.82. The van der Waals surface area contributed by atoms with Crippen molar-refractivity contribution in [2.45, 2.75) is 6.61 Å². The number of carbonyl (C=O) groups is 1. The molecule has 0 saturated heterocycles. The molecule has 5 nitrogen and oxygen atoms in total. The number of rotatable bonds is 3. The lowest BCUT2D eigenvalue weighted by atomic mass is 10.1. The molecule has 0 fully saturated rings. The maximum Gasteiger partial charge on any atom is 0.356 e. The molecule has 0 unspecified atom stereocenters. The molecule has 1 aromatic carbocycles. The number of phenolic OH excluding ortho intramolecular Hbond substituents is 1. The van der Waals surface area contributed by atoms with E-state index in [4.69, 9.17) is 4.74 Å². The minimum atomic E-state index is -0.710. The number of phenols is 1. The van der Waals surface area contributed by atoms with Gasteiger partial charge in [-0.25, -0.2) is 14.2 Å². The molecule has 19 heavy (non-hydrogen) atoms. The first-order valence-corrected chi connectivity index (χ1v) is 5.46. The highest BCUT2D eigenvalue weighted by Gasteiger charge is 2.15. The Kier molecular flexibility index (Phi) is 3.62. The van der Waals surface area contributed by atoms with Crippen molar-refractivity contribution in [3.8, 4) is 5.75 Å². The fourth-order valence-electron chi connectivity index (χ4n) is 1.82. The molecule has 100 valence electrons. The van der Waals surface area contributed by atoms with Gasteiger partial charge in [-0.1, -0.05) is 0 Å². The number of carbonyl (C=O) groups excluding carboxylic acids is 1. The summed E-state index contributed by atoms with van der Waals surface area (Å²) in [5.74, 6) is -1.58. The van der Waals surface area contributed by atoms with Gasteiger partial charge < -0.3 is 14.6 Å². The molecule has 0 radical (unpaired) electrons. The number of aromatic nitrogens is 1. The maximum atomic E-state index is 13.8. The van der Waals surface area contributed by atoms with Crippen LogP contribution in [0.1, 0.15) is 16.1 Å². The molecular formula is C13H12FNO4. The molecule has 1 N–H and O–H groups in total. The molecule has 0 spiro atoms. The third-order valence-electron chi connectivity index (χ3n) is 2.63. The summed E-state index contributed by atoms with van der Waals surface area (Å²) in [6, 6.07) is 3.77. The highest BCUT2D eigenvalue weighted by molar-refractivity contribution is 5.93. The van der Waals surface area contributed by atoms with Gasteiger partial charge in [0.25, 0.3) is 0 Å². The number of benzene rings is 1. The van der Waals surface area contributed by atoms with Crippen LogP contribution in [0.5, 0.6) is 5.75 Å². The summed E-state index contributed by atoms with van der Waals surface area (Å²) >= 11 is 0. The number of pyridine rings is 1. The van der Waals surface area contributed by atoms with Crippen LogP contribution in [-0.4, -0.2) is 30.3 Å². The van der Waals surface area contributed by atoms with E-state index in [1.54, 1.807) is 0 Å². The molecule has 0 bridgehead atoms. The number of methoxy groups -OCH3 is 2. The molecule has 0 aliphatic rings. The smallest absolute Gasteiger partial charge is 0.356 e. The minimum absolute atomic E-state index is 0.00671. The van der Waals surface area contributed by atoms with E-state index in [0.717, 1.165) is 6.07 Å². The average Bonchev–Trinajstić information content (AvgIpc) is 2.38. The van der Waals surface area contributed by atoms with Gasteiger partial charge in [0, 0.05) is 18.6 Å². The molecule has 6 heteroatoms. The molecular weight excluding hydrogens is 253 g/mol. The van der Waals surface area contributed by atoms with Crippen molar-refractivity contribution < 1.29 is 23.8 Å². The topological polar surface area (TPSA) is 68.7 Å². The van der Waals surface area contributed by atoms with Gasteiger partial charge in [0.05, 0.1) is 13.7 Å². The van der Waals surface area contributed by atoms with Gasteiger partial charge in [-0.3, -0.25) is 0 Å². The summed E-state index contributed by atoms with van der Waals surface area (Å²) < 4.78 is 23.4. The number of nitrogens with zero attached hydrogens (tertiary/aromatic N) is 1. The summed E-state index contributed by atoms with van der Waals surface area (Å²) in [7, 11) is 2.70. The largest absolute Gasteiger partial charge is 0.508 e. The lowest BCUT2D eigenvalue weighted by molar-refractivity contribution is 0.0594. The molecule has 0 saturated carbocycles. The van der Waals surface area contributed by atoms with Crippen molar-refractivity contribution in [2.75, 3.05) is 14.2 Å². The van der Waals surface area contributed by atoms with E-state index >= 15 is 0 Å². The van der Waals surface area contributed by atoms with Crippen LogP contribution in [0.15, 0.2) is 18.2 Å². The van der Waals surface area contributed by atoms with Crippen LogP contribution >= 0.6 is 0 Å². The fourth-order valence-corrected chi connectivity index (χ4v) is 1.82. The number of hydrogen-bond acceptors (Lipinski definition) is 5. The molecule has 1 heterocycles. The highest BCUT2D eigenvalue weighted by Crippen LogP contribution is 2.26. The van der Waals surface area contributed by atoms with Gasteiger partial charge in [-0.15, -0.1) is 0 Å². The zero-order valence-electron chi connectivity index (χ0n) is 10.4. The monoisotopic (exact) mass is 265 g/mol. The van der Waals surface area contributed by atoms with Crippen LogP contribution in [0, 0.1) is 5.82 Å². The second-order valence-corrected chi connectivity index (χ2v) is 3.91. The Hall–Kier alpha value is -2.21. The number of esters is 1. The Balaban J connectivity index is 2.75. The number of ether oxygens (including phenoxy) is 2. The molecule has 0 atom stereocenters. The second-order valence-electron chi connectivity index (χ2n) is 3.91. The first-order chi connectivity index (χ1) is 9.06. The Morgan fingerprint density at radius 3 is 2.74 bits per heavy atom.